The Hall–Kier alpha value is -0.440. The van der Waals surface area contributed by atoms with Crippen LogP contribution in [0.5, 0.6) is 0 Å². The number of ether oxygens (including phenoxy) is 3. The summed E-state index contributed by atoms with van der Waals surface area (Å²) in [7, 11) is 0. The summed E-state index contributed by atoms with van der Waals surface area (Å²) < 4.78 is 15.1. The van der Waals surface area contributed by atoms with Crippen molar-refractivity contribution < 1.29 is 55.1 Å². The molecule has 23 heavy (non-hydrogen) atoms. The number of aliphatic hydroxyl groups excluding tert-OH is 8. The predicted molar refractivity (Wildman–Crippen MR) is 68.6 cm³/mol. The van der Waals surface area contributed by atoms with Crippen molar-refractivity contribution in [3.8, 4) is 0 Å². The van der Waals surface area contributed by atoms with Crippen LogP contribution >= 0.6 is 0 Å². The first-order chi connectivity index (χ1) is 10.7. The molecule has 1 unspecified atom stereocenters. The Kier molecular flexibility index (Phi) is 6.27. The van der Waals surface area contributed by atoms with Gasteiger partial charge in [0.25, 0.3) is 0 Å². The van der Waals surface area contributed by atoms with E-state index in [1.54, 1.807) is 0 Å². The molecule has 2 rings (SSSR count). The van der Waals surface area contributed by atoms with E-state index in [0.29, 0.717) is 0 Å². The number of hydrogen-bond acceptors (Lipinski definition) is 11. The zero-order valence-electron chi connectivity index (χ0n) is 12.0. The highest BCUT2D eigenvalue weighted by molar-refractivity contribution is 4.90. The number of aliphatic hydroxyl groups is 8. The first-order valence-corrected chi connectivity index (χ1v) is 7.07. The lowest BCUT2D eigenvalue weighted by atomic mass is 10.0. The molecule has 8 N–H and O–H groups in total. The minimum Gasteiger partial charge on any atom is -0.388 e. The molecule has 2 heterocycles. The topological polar surface area (TPSA) is 190 Å². The second kappa shape index (κ2) is 7.63. The van der Waals surface area contributed by atoms with E-state index in [-0.39, 0.29) is 0 Å². The van der Waals surface area contributed by atoms with E-state index in [0.717, 1.165) is 0 Å². The fourth-order valence-corrected chi connectivity index (χ4v) is 2.37. The van der Waals surface area contributed by atoms with E-state index >= 15 is 0 Å². The molecule has 0 aromatic rings. The minimum atomic E-state index is -1.79. The molecular weight excluding hydrogens is 320 g/mol. The first kappa shape index (κ1) is 18.9. The van der Waals surface area contributed by atoms with Gasteiger partial charge < -0.3 is 55.1 Å². The maximum Gasteiger partial charge on any atom is 0.186 e. The zero-order chi connectivity index (χ0) is 17.3. The van der Waals surface area contributed by atoms with Crippen LogP contribution < -0.4 is 0 Å². The van der Waals surface area contributed by atoms with Crippen molar-refractivity contribution >= 4 is 0 Å². The molecule has 0 bridgehead atoms. The number of hydrogen-bond donors (Lipinski definition) is 8. The van der Waals surface area contributed by atoms with Crippen LogP contribution in [-0.2, 0) is 14.2 Å². The highest BCUT2D eigenvalue weighted by Crippen LogP contribution is 2.23. The lowest BCUT2D eigenvalue weighted by molar-refractivity contribution is -0.253. The van der Waals surface area contributed by atoms with Gasteiger partial charge in [-0.15, -0.1) is 0 Å². The molecule has 0 radical (unpaired) electrons. The molecule has 0 aromatic carbocycles. The third-order valence-electron chi connectivity index (χ3n) is 3.92. The molecule has 0 spiro atoms. The third kappa shape index (κ3) is 3.97. The highest BCUT2D eigenvalue weighted by atomic mass is 16.7. The van der Waals surface area contributed by atoms with Crippen LogP contribution in [0.4, 0.5) is 0 Å². The monoisotopic (exact) mass is 342 g/mol. The quantitative estimate of drug-likeness (QED) is 0.239. The Morgan fingerprint density at radius 2 is 1.22 bits per heavy atom. The molecule has 2 aliphatic heterocycles. The fraction of sp³-hybridized carbons (Fsp3) is 1.00. The average Bonchev–Trinajstić information content (AvgIpc) is 2.68. The molecule has 2 saturated heterocycles. The summed E-state index contributed by atoms with van der Waals surface area (Å²) in [6, 6.07) is 0. The predicted octanol–water partition coefficient (Wildman–Crippen LogP) is -5.40. The van der Waals surface area contributed by atoms with Gasteiger partial charge in [-0.25, -0.2) is 0 Å². The van der Waals surface area contributed by atoms with E-state index in [1.165, 1.54) is 0 Å². The molecule has 0 aliphatic carbocycles. The van der Waals surface area contributed by atoms with Crippen LogP contribution in [0.1, 0.15) is 0 Å². The Morgan fingerprint density at radius 1 is 0.609 bits per heavy atom. The Balaban J connectivity index is 2.07. The van der Waals surface area contributed by atoms with Gasteiger partial charge in [-0.2, -0.15) is 0 Å². The van der Waals surface area contributed by atoms with Gasteiger partial charge in [0.2, 0.25) is 0 Å². The average molecular weight is 342 g/mol. The molecule has 0 saturated carbocycles. The van der Waals surface area contributed by atoms with Crippen molar-refractivity contribution in [2.24, 2.45) is 0 Å². The van der Waals surface area contributed by atoms with Crippen molar-refractivity contribution in [2.75, 3.05) is 13.2 Å². The summed E-state index contributed by atoms with van der Waals surface area (Å²) in [4.78, 5) is 0. The third-order valence-corrected chi connectivity index (χ3v) is 3.92. The second-order valence-electron chi connectivity index (χ2n) is 5.61. The van der Waals surface area contributed by atoms with Crippen LogP contribution in [0.3, 0.4) is 0 Å². The van der Waals surface area contributed by atoms with Crippen LogP contribution in [0.25, 0.3) is 0 Å². The lowest BCUT2D eigenvalue weighted by Gasteiger charge is -2.31. The lowest BCUT2D eigenvalue weighted by Crippen LogP contribution is -2.51. The highest BCUT2D eigenvalue weighted by Gasteiger charge is 2.45. The van der Waals surface area contributed by atoms with Gasteiger partial charge in [0.1, 0.15) is 48.8 Å². The Morgan fingerprint density at radius 3 is 1.87 bits per heavy atom. The molecule has 11 heteroatoms. The fourth-order valence-electron chi connectivity index (χ4n) is 2.37. The van der Waals surface area contributed by atoms with Crippen molar-refractivity contribution in [3.05, 3.63) is 0 Å². The zero-order valence-corrected chi connectivity index (χ0v) is 12.0. The summed E-state index contributed by atoms with van der Waals surface area (Å²) in [5.41, 5.74) is 0. The van der Waals surface area contributed by atoms with Gasteiger partial charge in [0, 0.05) is 0 Å². The number of rotatable bonds is 2. The molecule has 2 aliphatic rings. The van der Waals surface area contributed by atoms with Crippen molar-refractivity contribution in [1.29, 1.82) is 0 Å². The summed E-state index contributed by atoms with van der Waals surface area (Å²) >= 11 is 0. The standard InChI is InChI=1S/C12H22O11/c13-3-1-22-12(10(19)7(16)5(3)14)23-4-2-21-11(20)9(18)8(17)6(4)15/h3-20H,1-2H2/t3-,4?,5-,6-,7+,8+,9+,10+,11+,12-/m1/s1. The van der Waals surface area contributed by atoms with Gasteiger partial charge in [-0.1, -0.05) is 0 Å². The Bertz CT molecular complexity index is 348. The van der Waals surface area contributed by atoms with Gasteiger partial charge >= 0.3 is 0 Å². The normalized spacial score (nSPS) is 52.7. The molecule has 11 nitrogen and oxygen atoms in total. The summed E-state index contributed by atoms with van der Waals surface area (Å²) in [5, 5.41) is 77.2. The maximum atomic E-state index is 9.94. The smallest absolute Gasteiger partial charge is 0.186 e. The van der Waals surface area contributed by atoms with E-state index in [4.69, 9.17) is 14.2 Å². The largest absolute Gasteiger partial charge is 0.388 e. The van der Waals surface area contributed by atoms with Crippen molar-refractivity contribution in [2.45, 2.75) is 61.4 Å². The molecule has 136 valence electrons. The van der Waals surface area contributed by atoms with Crippen molar-refractivity contribution in [3.63, 3.8) is 0 Å². The van der Waals surface area contributed by atoms with E-state index in [2.05, 4.69) is 0 Å². The van der Waals surface area contributed by atoms with Gasteiger partial charge in [0.05, 0.1) is 13.2 Å². The first-order valence-electron chi connectivity index (χ1n) is 7.07. The SMILES string of the molecule is O[C@@H]1[C@H](O)[C@@H](OC2CO[C@H](O)[C@@H](O)[C@@H](O)[C@@H]2O)OC[C@@H](O)[C@H]1O. The van der Waals surface area contributed by atoms with Crippen LogP contribution in [0, 0.1) is 0 Å². The molecule has 2 fully saturated rings. The molecular formula is C12H22O11. The van der Waals surface area contributed by atoms with Crippen LogP contribution in [0.15, 0.2) is 0 Å². The Labute approximate surface area is 130 Å². The molecule has 0 amide bonds. The van der Waals surface area contributed by atoms with Gasteiger partial charge in [-0.3, -0.25) is 0 Å². The van der Waals surface area contributed by atoms with E-state index in [1.807, 2.05) is 0 Å². The maximum absolute atomic E-state index is 9.94. The summed E-state index contributed by atoms with van der Waals surface area (Å²) in [6.07, 6.45) is -16.5. The summed E-state index contributed by atoms with van der Waals surface area (Å²) in [5.74, 6) is 0. The molecule has 10 atom stereocenters. The minimum absolute atomic E-state index is 0.454. The van der Waals surface area contributed by atoms with E-state index < -0.39 is 74.6 Å². The van der Waals surface area contributed by atoms with E-state index in [9.17, 15) is 40.9 Å². The van der Waals surface area contributed by atoms with Crippen LogP contribution in [-0.4, -0.2) is 115 Å². The molecule has 0 aromatic heterocycles. The second-order valence-corrected chi connectivity index (χ2v) is 5.61. The van der Waals surface area contributed by atoms with Gasteiger partial charge in [-0.05, 0) is 0 Å². The van der Waals surface area contributed by atoms with Crippen LogP contribution in [0.2, 0.25) is 0 Å². The van der Waals surface area contributed by atoms with Crippen molar-refractivity contribution in [1.82, 2.24) is 0 Å². The summed E-state index contributed by atoms with van der Waals surface area (Å²) in [6.45, 7) is -0.915. The van der Waals surface area contributed by atoms with Gasteiger partial charge in [0.15, 0.2) is 12.6 Å².